The number of guanidine groups is 1. The molecule has 0 saturated heterocycles. The molecule has 0 aliphatic heterocycles. The topological polar surface area (TPSA) is 68.8 Å². The van der Waals surface area contributed by atoms with E-state index in [1.54, 1.807) is 31.3 Å². The van der Waals surface area contributed by atoms with Gasteiger partial charge in [-0.3, -0.25) is 9.79 Å². The zero-order valence-electron chi connectivity index (χ0n) is 17.7. The molecular weight excluding hydrogens is 374 g/mol. The number of hydrogen-bond donors (Lipinski definition) is 3. The molecule has 28 heavy (non-hydrogen) atoms. The lowest BCUT2D eigenvalue weighted by Crippen LogP contribution is -2.42. The number of nitrogens with one attached hydrogen (secondary N) is 3. The largest absolute Gasteiger partial charge is 0.356 e. The van der Waals surface area contributed by atoms with Gasteiger partial charge in [-0.1, -0.05) is 25.4 Å². The van der Waals surface area contributed by atoms with Gasteiger partial charge >= 0.3 is 0 Å². The highest BCUT2D eigenvalue weighted by Gasteiger charge is 2.07. The third kappa shape index (κ3) is 10.5. The lowest BCUT2D eigenvalue weighted by molar-refractivity contribution is -0.116. The summed E-state index contributed by atoms with van der Waals surface area (Å²) in [6.07, 6.45) is 3.45. The lowest BCUT2D eigenvalue weighted by Gasteiger charge is -2.21. The van der Waals surface area contributed by atoms with Gasteiger partial charge in [0.1, 0.15) is 0 Å². The third-order valence-electron chi connectivity index (χ3n) is 4.61. The summed E-state index contributed by atoms with van der Waals surface area (Å²) in [5, 5.41) is 10.2. The number of aliphatic imine (C=N–C) groups is 1. The molecule has 6 nitrogen and oxygen atoms in total. The zero-order chi connectivity index (χ0) is 20.8. The van der Waals surface area contributed by atoms with E-state index in [0.29, 0.717) is 24.0 Å². The summed E-state index contributed by atoms with van der Waals surface area (Å²) in [6, 6.07) is 7.47. The minimum Gasteiger partial charge on any atom is -0.356 e. The Balaban J connectivity index is 2.19. The molecule has 0 aliphatic rings. The van der Waals surface area contributed by atoms with Crippen molar-refractivity contribution in [2.75, 3.05) is 38.5 Å². The van der Waals surface area contributed by atoms with Crippen LogP contribution in [0.3, 0.4) is 0 Å². The molecule has 0 aromatic heterocycles. The summed E-state index contributed by atoms with van der Waals surface area (Å²) >= 11 is 5.84. The van der Waals surface area contributed by atoms with Crippen LogP contribution in [0.4, 0.5) is 5.69 Å². The first-order valence-electron chi connectivity index (χ1n) is 10.2. The Bertz CT molecular complexity index is 587. The van der Waals surface area contributed by atoms with Crippen LogP contribution in [0, 0.1) is 0 Å². The summed E-state index contributed by atoms with van der Waals surface area (Å²) in [6.45, 7) is 10.6. The molecule has 0 fully saturated rings. The average Bonchev–Trinajstić information content (AvgIpc) is 2.69. The van der Waals surface area contributed by atoms with E-state index in [2.05, 4.69) is 46.6 Å². The van der Waals surface area contributed by atoms with Crippen LogP contribution in [0.5, 0.6) is 0 Å². The monoisotopic (exact) mass is 409 g/mol. The quantitative estimate of drug-likeness (QED) is 0.279. The molecular formula is C21H36ClN5O. The van der Waals surface area contributed by atoms with E-state index in [-0.39, 0.29) is 5.91 Å². The van der Waals surface area contributed by atoms with Crippen molar-refractivity contribution in [1.29, 1.82) is 0 Å². The van der Waals surface area contributed by atoms with Gasteiger partial charge in [-0.25, -0.2) is 0 Å². The second-order valence-electron chi connectivity index (χ2n) is 6.87. The van der Waals surface area contributed by atoms with E-state index in [1.807, 2.05) is 0 Å². The van der Waals surface area contributed by atoms with Crippen LogP contribution in [0.15, 0.2) is 29.3 Å². The van der Waals surface area contributed by atoms with Gasteiger partial charge in [-0.2, -0.15) is 0 Å². The molecule has 3 N–H and O–H groups in total. The van der Waals surface area contributed by atoms with Crippen molar-refractivity contribution in [2.24, 2.45) is 4.99 Å². The Hall–Kier alpha value is -1.79. The Kier molecular flexibility index (Phi) is 12.3. The van der Waals surface area contributed by atoms with Crippen LogP contribution in [0.25, 0.3) is 0 Å². The fourth-order valence-corrected chi connectivity index (χ4v) is 3.00. The molecule has 1 rings (SSSR count). The standard InChI is InChI=1S/C21H36ClN5O/c1-5-27(6-2)16-8-9-17(3)25-21(23-4)24-15-7-10-20(28)26-19-13-11-18(22)12-14-19/h11-14,17H,5-10,15-16H2,1-4H3,(H,26,28)(H2,23,24,25). The molecule has 1 amide bonds. The number of amides is 1. The SMILES string of the molecule is CCN(CC)CCCC(C)NC(=NC)NCCCC(=O)Nc1ccc(Cl)cc1. The van der Waals surface area contributed by atoms with Crippen LogP contribution >= 0.6 is 11.6 Å². The first kappa shape index (κ1) is 24.2. The number of carbonyl (C=O) groups excluding carboxylic acids is 1. The number of rotatable bonds is 12. The van der Waals surface area contributed by atoms with Crippen LogP contribution < -0.4 is 16.0 Å². The highest BCUT2D eigenvalue weighted by Crippen LogP contribution is 2.13. The number of hydrogen-bond acceptors (Lipinski definition) is 3. The molecule has 0 radical (unpaired) electrons. The van der Waals surface area contributed by atoms with Crippen molar-refractivity contribution < 1.29 is 4.79 Å². The Morgan fingerprint density at radius 2 is 1.86 bits per heavy atom. The van der Waals surface area contributed by atoms with Crippen molar-refractivity contribution in [3.05, 3.63) is 29.3 Å². The van der Waals surface area contributed by atoms with Crippen LogP contribution in [0.2, 0.25) is 5.02 Å². The number of carbonyl (C=O) groups is 1. The molecule has 1 atom stereocenters. The van der Waals surface area contributed by atoms with Crippen molar-refractivity contribution in [3.8, 4) is 0 Å². The van der Waals surface area contributed by atoms with Crippen LogP contribution in [0.1, 0.15) is 46.5 Å². The highest BCUT2D eigenvalue weighted by molar-refractivity contribution is 6.30. The highest BCUT2D eigenvalue weighted by atomic mass is 35.5. The molecule has 0 saturated carbocycles. The molecule has 7 heteroatoms. The molecule has 158 valence electrons. The van der Waals surface area contributed by atoms with E-state index < -0.39 is 0 Å². The maximum atomic E-state index is 12.0. The maximum Gasteiger partial charge on any atom is 0.224 e. The summed E-state index contributed by atoms with van der Waals surface area (Å²) in [5.41, 5.74) is 0.762. The minimum absolute atomic E-state index is 0.00293. The molecule has 0 aliphatic carbocycles. The van der Waals surface area contributed by atoms with Crippen LogP contribution in [-0.2, 0) is 4.79 Å². The summed E-state index contributed by atoms with van der Waals surface area (Å²) in [7, 11) is 1.77. The number of benzene rings is 1. The van der Waals surface area contributed by atoms with Gasteiger partial charge in [-0.15, -0.1) is 0 Å². The van der Waals surface area contributed by atoms with Gasteiger partial charge in [0.05, 0.1) is 0 Å². The van der Waals surface area contributed by atoms with E-state index in [0.717, 1.165) is 50.5 Å². The van der Waals surface area contributed by atoms with E-state index in [9.17, 15) is 4.79 Å². The zero-order valence-corrected chi connectivity index (χ0v) is 18.5. The molecule has 1 aromatic rings. The van der Waals surface area contributed by atoms with Gasteiger partial charge in [0.25, 0.3) is 0 Å². The van der Waals surface area contributed by atoms with Gasteiger partial charge in [-0.05, 0) is 70.1 Å². The second-order valence-corrected chi connectivity index (χ2v) is 7.31. The molecule has 1 aromatic carbocycles. The maximum absolute atomic E-state index is 12.0. The van der Waals surface area contributed by atoms with Crippen molar-refractivity contribution >= 4 is 29.2 Å². The Labute approximate surface area is 175 Å². The van der Waals surface area contributed by atoms with Crippen molar-refractivity contribution in [3.63, 3.8) is 0 Å². The fourth-order valence-electron chi connectivity index (χ4n) is 2.87. The van der Waals surface area contributed by atoms with E-state index >= 15 is 0 Å². The molecule has 0 spiro atoms. The Morgan fingerprint density at radius 1 is 1.18 bits per heavy atom. The summed E-state index contributed by atoms with van der Waals surface area (Å²) in [4.78, 5) is 18.7. The summed E-state index contributed by atoms with van der Waals surface area (Å²) < 4.78 is 0. The Morgan fingerprint density at radius 3 is 2.46 bits per heavy atom. The van der Waals surface area contributed by atoms with Gasteiger partial charge in [0.2, 0.25) is 5.91 Å². The van der Waals surface area contributed by atoms with E-state index in [4.69, 9.17) is 11.6 Å². The molecule has 1 unspecified atom stereocenters. The van der Waals surface area contributed by atoms with Crippen molar-refractivity contribution in [2.45, 2.75) is 52.5 Å². The average molecular weight is 410 g/mol. The van der Waals surface area contributed by atoms with Crippen LogP contribution in [-0.4, -0.2) is 56.0 Å². The van der Waals surface area contributed by atoms with E-state index in [1.165, 1.54) is 0 Å². The number of halogens is 1. The predicted molar refractivity (Wildman–Crippen MR) is 120 cm³/mol. The first-order valence-corrected chi connectivity index (χ1v) is 10.6. The third-order valence-corrected chi connectivity index (χ3v) is 4.87. The lowest BCUT2D eigenvalue weighted by atomic mass is 10.2. The number of anilines is 1. The molecule has 0 bridgehead atoms. The van der Waals surface area contributed by atoms with Crippen molar-refractivity contribution in [1.82, 2.24) is 15.5 Å². The second kappa shape index (κ2) is 14.2. The minimum atomic E-state index is -0.00293. The normalized spacial score (nSPS) is 12.7. The number of nitrogens with zero attached hydrogens (tertiary/aromatic N) is 2. The molecule has 0 heterocycles. The van der Waals surface area contributed by atoms with Gasteiger partial charge in [0.15, 0.2) is 5.96 Å². The summed E-state index contributed by atoms with van der Waals surface area (Å²) in [5.74, 6) is 0.783. The first-order chi connectivity index (χ1) is 13.5. The smallest absolute Gasteiger partial charge is 0.224 e. The van der Waals surface area contributed by atoms with Gasteiger partial charge < -0.3 is 20.9 Å². The van der Waals surface area contributed by atoms with Gasteiger partial charge in [0, 0.05) is 36.8 Å². The predicted octanol–water partition coefficient (Wildman–Crippen LogP) is 3.73. The fraction of sp³-hybridized carbons (Fsp3) is 0.619.